The Balaban J connectivity index is 2.09. The summed E-state index contributed by atoms with van der Waals surface area (Å²) in [6, 6.07) is 16.0. The second-order valence-electron chi connectivity index (χ2n) is 7.37. The van der Waals surface area contributed by atoms with Gasteiger partial charge in [0.2, 0.25) is 0 Å². The highest BCUT2D eigenvalue weighted by Crippen LogP contribution is 2.29. The van der Waals surface area contributed by atoms with E-state index in [-0.39, 0.29) is 0 Å². The molecular formula is C20H29N. The van der Waals surface area contributed by atoms with Crippen LogP contribution in [-0.4, -0.2) is 13.1 Å². The highest BCUT2D eigenvalue weighted by atomic mass is 14.9. The predicted molar refractivity (Wildman–Crippen MR) is 93.7 cm³/mol. The molecule has 0 saturated carbocycles. The first-order chi connectivity index (χ1) is 9.90. The summed E-state index contributed by atoms with van der Waals surface area (Å²) in [7, 11) is 2.08. The van der Waals surface area contributed by atoms with E-state index in [1.54, 1.807) is 0 Å². The summed E-state index contributed by atoms with van der Waals surface area (Å²) in [5.41, 5.74) is 1.80. The van der Waals surface area contributed by atoms with Crippen LogP contribution in [0.2, 0.25) is 0 Å². The molecule has 0 heterocycles. The Hall–Kier alpha value is -1.34. The van der Waals surface area contributed by atoms with Crippen LogP contribution < -0.4 is 5.32 Å². The lowest BCUT2D eigenvalue weighted by Crippen LogP contribution is -2.33. The Morgan fingerprint density at radius 2 is 1.67 bits per heavy atom. The van der Waals surface area contributed by atoms with Crippen LogP contribution in [-0.2, 0) is 6.42 Å². The zero-order valence-corrected chi connectivity index (χ0v) is 14.1. The molecular weight excluding hydrogens is 254 g/mol. The molecule has 1 nitrogen and oxygen atoms in total. The summed E-state index contributed by atoms with van der Waals surface area (Å²) in [6.45, 7) is 9.37. The third kappa shape index (κ3) is 4.31. The first-order valence-electron chi connectivity index (χ1n) is 8.05. The number of rotatable bonds is 5. The quantitative estimate of drug-likeness (QED) is 0.810. The summed E-state index contributed by atoms with van der Waals surface area (Å²) in [6.07, 6.45) is 2.31. The van der Waals surface area contributed by atoms with Gasteiger partial charge in [-0.2, -0.15) is 0 Å². The molecule has 0 fully saturated rings. The molecule has 1 N–H and O–H groups in total. The molecule has 0 aliphatic heterocycles. The zero-order chi connectivity index (χ0) is 15.5. The van der Waals surface area contributed by atoms with Crippen LogP contribution in [0.15, 0.2) is 42.5 Å². The lowest BCUT2D eigenvalue weighted by molar-refractivity contribution is 0.225. The first-order valence-corrected chi connectivity index (χ1v) is 8.05. The Labute approximate surface area is 129 Å². The van der Waals surface area contributed by atoms with Gasteiger partial charge in [-0.15, -0.1) is 0 Å². The van der Waals surface area contributed by atoms with Crippen LogP contribution in [0.1, 0.15) is 39.7 Å². The van der Waals surface area contributed by atoms with E-state index >= 15 is 0 Å². The molecule has 0 spiro atoms. The van der Waals surface area contributed by atoms with Gasteiger partial charge < -0.3 is 5.32 Å². The minimum absolute atomic E-state index is 0.373. The van der Waals surface area contributed by atoms with Crippen molar-refractivity contribution in [2.24, 2.45) is 11.3 Å². The molecule has 0 aromatic heterocycles. The monoisotopic (exact) mass is 283 g/mol. The molecule has 0 bridgehead atoms. The smallest absolute Gasteiger partial charge is 0.0107 e. The number of benzene rings is 2. The Kier molecular flexibility index (Phi) is 5.05. The number of likely N-dealkylation sites (N-methyl/N-ethyl adjacent to an activating group) is 1. The first kappa shape index (κ1) is 16.0. The molecule has 1 heteroatoms. The van der Waals surface area contributed by atoms with Crippen LogP contribution in [0.4, 0.5) is 0 Å². The van der Waals surface area contributed by atoms with Crippen LogP contribution in [0.25, 0.3) is 10.8 Å². The van der Waals surface area contributed by atoms with E-state index in [4.69, 9.17) is 0 Å². The standard InChI is InChI=1S/C20H29N/c1-15(20(2,3)4)12-19(21-5)14-16-10-11-17-8-6-7-9-18(17)13-16/h6-11,13,15,19,21H,12,14H2,1-5H3. The van der Waals surface area contributed by atoms with Gasteiger partial charge in [0.25, 0.3) is 0 Å². The third-order valence-corrected chi connectivity index (χ3v) is 4.82. The van der Waals surface area contributed by atoms with Gasteiger partial charge in [-0.3, -0.25) is 0 Å². The van der Waals surface area contributed by atoms with E-state index in [1.807, 2.05) is 0 Å². The maximum absolute atomic E-state index is 3.50. The normalized spacial score (nSPS) is 15.1. The second-order valence-corrected chi connectivity index (χ2v) is 7.37. The van der Waals surface area contributed by atoms with Crippen molar-refractivity contribution >= 4 is 10.8 Å². The lowest BCUT2D eigenvalue weighted by Gasteiger charge is -2.30. The number of hydrogen-bond acceptors (Lipinski definition) is 1. The van der Waals surface area contributed by atoms with Crippen molar-refractivity contribution in [2.75, 3.05) is 7.05 Å². The fraction of sp³-hybridized carbons (Fsp3) is 0.500. The topological polar surface area (TPSA) is 12.0 Å². The van der Waals surface area contributed by atoms with E-state index in [2.05, 4.69) is 82.5 Å². The van der Waals surface area contributed by atoms with E-state index in [9.17, 15) is 0 Å². The fourth-order valence-electron chi connectivity index (χ4n) is 2.73. The van der Waals surface area contributed by atoms with Gasteiger partial charge in [0, 0.05) is 6.04 Å². The molecule has 2 rings (SSSR count). The lowest BCUT2D eigenvalue weighted by atomic mass is 9.78. The Morgan fingerprint density at radius 1 is 1.00 bits per heavy atom. The van der Waals surface area contributed by atoms with E-state index in [1.165, 1.54) is 22.8 Å². The molecule has 114 valence electrons. The number of hydrogen-bond donors (Lipinski definition) is 1. The van der Waals surface area contributed by atoms with Crippen molar-refractivity contribution < 1.29 is 0 Å². The second kappa shape index (κ2) is 6.62. The van der Waals surface area contributed by atoms with Crippen molar-refractivity contribution in [3.8, 4) is 0 Å². The molecule has 2 atom stereocenters. The van der Waals surface area contributed by atoms with Gasteiger partial charge in [-0.25, -0.2) is 0 Å². The maximum Gasteiger partial charge on any atom is 0.0107 e. The van der Waals surface area contributed by atoms with Crippen molar-refractivity contribution in [1.82, 2.24) is 5.32 Å². The van der Waals surface area contributed by atoms with Gasteiger partial charge in [-0.1, -0.05) is 70.2 Å². The van der Waals surface area contributed by atoms with Gasteiger partial charge >= 0.3 is 0 Å². The maximum atomic E-state index is 3.50. The summed E-state index contributed by atoms with van der Waals surface area (Å²) < 4.78 is 0. The minimum atomic E-state index is 0.373. The average Bonchev–Trinajstić information content (AvgIpc) is 2.45. The fourth-order valence-corrected chi connectivity index (χ4v) is 2.73. The molecule has 0 radical (unpaired) electrons. The molecule has 21 heavy (non-hydrogen) atoms. The summed E-state index contributed by atoms with van der Waals surface area (Å²) >= 11 is 0. The van der Waals surface area contributed by atoms with Crippen molar-refractivity contribution in [3.63, 3.8) is 0 Å². The van der Waals surface area contributed by atoms with E-state index < -0.39 is 0 Å². The molecule has 0 saturated heterocycles. The summed E-state index contributed by atoms with van der Waals surface area (Å²) in [5, 5.41) is 6.17. The Morgan fingerprint density at radius 3 is 2.29 bits per heavy atom. The van der Waals surface area contributed by atoms with Crippen molar-refractivity contribution in [3.05, 3.63) is 48.0 Å². The molecule has 2 unspecified atom stereocenters. The summed E-state index contributed by atoms with van der Waals surface area (Å²) in [5.74, 6) is 0.704. The van der Waals surface area contributed by atoms with E-state index in [0.717, 1.165) is 6.42 Å². The number of nitrogens with one attached hydrogen (secondary N) is 1. The largest absolute Gasteiger partial charge is 0.317 e. The molecule has 0 amide bonds. The van der Waals surface area contributed by atoms with Crippen LogP contribution in [0.3, 0.4) is 0 Å². The van der Waals surface area contributed by atoms with Crippen molar-refractivity contribution in [2.45, 2.75) is 46.6 Å². The number of fused-ring (bicyclic) bond motifs is 1. The van der Waals surface area contributed by atoms with Crippen molar-refractivity contribution in [1.29, 1.82) is 0 Å². The third-order valence-electron chi connectivity index (χ3n) is 4.82. The Bertz CT molecular complexity index is 580. The van der Waals surface area contributed by atoms with Gasteiger partial charge in [0.15, 0.2) is 0 Å². The molecule has 0 aliphatic carbocycles. The van der Waals surface area contributed by atoms with E-state index in [0.29, 0.717) is 17.4 Å². The van der Waals surface area contributed by atoms with Gasteiger partial charge in [0.1, 0.15) is 0 Å². The van der Waals surface area contributed by atoms with Crippen LogP contribution in [0.5, 0.6) is 0 Å². The van der Waals surface area contributed by atoms with Gasteiger partial charge in [-0.05, 0) is 47.6 Å². The van der Waals surface area contributed by atoms with Crippen LogP contribution >= 0.6 is 0 Å². The minimum Gasteiger partial charge on any atom is -0.317 e. The van der Waals surface area contributed by atoms with Crippen LogP contribution in [0, 0.1) is 11.3 Å². The summed E-state index contributed by atoms with van der Waals surface area (Å²) in [4.78, 5) is 0. The molecule has 2 aromatic rings. The molecule has 0 aliphatic rings. The average molecular weight is 283 g/mol. The zero-order valence-electron chi connectivity index (χ0n) is 14.1. The predicted octanol–water partition coefficient (Wildman–Crippen LogP) is 5.04. The highest BCUT2D eigenvalue weighted by molar-refractivity contribution is 5.82. The van der Waals surface area contributed by atoms with Gasteiger partial charge in [0.05, 0.1) is 0 Å². The molecule has 2 aromatic carbocycles. The SMILES string of the molecule is CNC(Cc1ccc2ccccc2c1)CC(C)C(C)(C)C. The highest BCUT2D eigenvalue weighted by Gasteiger charge is 2.23.